The number of halogens is 6. The van der Waals surface area contributed by atoms with E-state index in [-0.39, 0.29) is 17.5 Å². The molecular formula is C11H10F6. The minimum absolute atomic E-state index is 0.0976. The molecule has 0 nitrogen and oxygen atoms in total. The Morgan fingerprint density at radius 3 is 1.82 bits per heavy atom. The van der Waals surface area contributed by atoms with E-state index in [1.807, 2.05) is 0 Å². The Hall–Kier alpha value is -1.20. The van der Waals surface area contributed by atoms with Gasteiger partial charge in [-0.3, -0.25) is 0 Å². The van der Waals surface area contributed by atoms with Gasteiger partial charge in [-0.2, -0.15) is 26.3 Å². The van der Waals surface area contributed by atoms with Crippen molar-refractivity contribution in [2.24, 2.45) is 0 Å². The summed E-state index contributed by atoms with van der Waals surface area (Å²) < 4.78 is 75.7. The van der Waals surface area contributed by atoms with Crippen LogP contribution in [0.2, 0.25) is 0 Å². The zero-order valence-corrected chi connectivity index (χ0v) is 9.13. The normalized spacial score (nSPS) is 12.9. The van der Waals surface area contributed by atoms with Gasteiger partial charge >= 0.3 is 12.4 Å². The lowest BCUT2D eigenvalue weighted by Gasteiger charge is -2.19. The van der Waals surface area contributed by atoms with Gasteiger partial charge in [-0.05, 0) is 25.0 Å². The molecule has 1 aromatic rings. The van der Waals surface area contributed by atoms with Crippen molar-refractivity contribution in [2.45, 2.75) is 32.6 Å². The molecule has 1 rings (SSSR count). The van der Waals surface area contributed by atoms with Crippen LogP contribution in [-0.4, -0.2) is 0 Å². The molecule has 0 radical (unpaired) electrons. The Morgan fingerprint density at radius 1 is 0.941 bits per heavy atom. The molecule has 0 spiro atoms. The molecule has 0 aromatic heterocycles. The fourth-order valence-electron chi connectivity index (χ4n) is 1.70. The van der Waals surface area contributed by atoms with E-state index in [4.69, 9.17) is 0 Å². The van der Waals surface area contributed by atoms with Crippen LogP contribution in [0, 0.1) is 6.92 Å². The molecule has 0 saturated carbocycles. The molecule has 0 aliphatic rings. The van der Waals surface area contributed by atoms with Gasteiger partial charge in [0.2, 0.25) is 0 Å². The van der Waals surface area contributed by atoms with E-state index in [1.54, 1.807) is 0 Å². The number of hydrogen-bond acceptors (Lipinski definition) is 0. The molecule has 1 aromatic carbocycles. The molecule has 0 heterocycles. The van der Waals surface area contributed by atoms with Gasteiger partial charge in [-0.25, -0.2) is 0 Å². The third-order valence-corrected chi connectivity index (χ3v) is 2.33. The summed E-state index contributed by atoms with van der Waals surface area (Å²) in [4.78, 5) is 0. The molecule has 6 heteroatoms. The molecular weight excluding hydrogens is 246 g/mol. The highest BCUT2D eigenvalue weighted by Crippen LogP contribution is 2.42. The molecule has 0 amide bonds. The van der Waals surface area contributed by atoms with E-state index in [2.05, 4.69) is 0 Å². The quantitative estimate of drug-likeness (QED) is 0.644. The van der Waals surface area contributed by atoms with Crippen LogP contribution in [0.4, 0.5) is 26.3 Å². The number of aryl methyl sites for hydroxylation is 2. The smallest absolute Gasteiger partial charge is 0.166 e. The Balaban J connectivity index is 3.63. The van der Waals surface area contributed by atoms with Gasteiger partial charge in [0.15, 0.2) is 0 Å². The first-order valence-corrected chi connectivity index (χ1v) is 4.85. The monoisotopic (exact) mass is 256 g/mol. The first kappa shape index (κ1) is 13.9. The van der Waals surface area contributed by atoms with Crippen molar-refractivity contribution in [2.75, 3.05) is 0 Å². The van der Waals surface area contributed by atoms with Crippen LogP contribution in [0.15, 0.2) is 12.1 Å². The van der Waals surface area contributed by atoms with Crippen molar-refractivity contribution in [1.29, 1.82) is 0 Å². The maximum atomic E-state index is 12.7. The average Bonchev–Trinajstić information content (AvgIpc) is 2.12. The zero-order valence-electron chi connectivity index (χ0n) is 9.13. The molecule has 96 valence electrons. The standard InChI is InChI=1S/C11H10F6/c1-3-7-4-6(2)5-8(10(12,13)14)9(7)11(15,16)17/h4-5H,3H2,1-2H3. The maximum Gasteiger partial charge on any atom is 0.417 e. The van der Waals surface area contributed by atoms with Crippen molar-refractivity contribution in [3.05, 3.63) is 34.4 Å². The Morgan fingerprint density at radius 2 is 1.47 bits per heavy atom. The van der Waals surface area contributed by atoms with Gasteiger partial charge in [0, 0.05) is 0 Å². The molecule has 0 bridgehead atoms. The summed E-state index contributed by atoms with van der Waals surface area (Å²) in [6.07, 6.45) is -10.1. The van der Waals surface area contributed by atoms with E-state index in [0.717, 1.165) is 6.07 Å². The van der Waals surface area contributed by atoms with Gasteiger partial charge in [-0.15, -0.1) is 0 Å². The predicted octanol–water partition coefficient (Wildman–Crippen LogP) is 4.60. The summed E-state index contributed by atoms with van der Waals surface area (Å²) in [6, 6.07) is 1.67. The van der Waals surface area contributed by atoms with Crippen molar-refractivity contribution in [1.82, 2.24) is 0 Å². The minimum Gasteiger partial charge on any atom is -0.166 e. The van der Waals surface area contributed by atoms with Crippen LogP contribution in [0.5, 0.6) is 0 Å². The first-order valence-electron chi connectivity index (χ1n) is 4.85. The number of hydrogen-bond donors (Lipinski definition) is 0. The molecule has 0 fully saturated rings. The van der Waals surface area contributed by atoms with Gasteiger partial charge in [0.05, 0.1) is 11.1 Å². The fourth-order valence-corrected chi connectivity index (χ4v) is 1.70. The Kier molecular flexibility index (Phi) is 3.45. The van der Waals surface area contributed by atoms with Gasteiger partial charge in [0.1, 0.15) is 0 Å². The van der Waals surface area contributed by atoms with Crippen LogP contribution in [0.25, 0.3) is 0 Å². The van der Waals surface area contributed by atoms with Crippen molar-refractivity contribution < 1.29 is 26.3 Å². The highest BCUT2D eigenvalue weighted by Gasteiger charge is 2.44. The minimum atomic E-state index is -5.00. The van der Waals surface area contributed by atoms with Crippen molar-refractivity contribution in [3.8, 4) is 0 Å². The molecule has 0 atom stereocenters. The largest absolute Gasteiger partial charge is 0.417 e. The van der Waals surface area contributed by atoms with Crippen LogP contribution < -0.4 is 0 Å². The van der Waals surface area contributed by atoms with Crippen LogP contribution in [0.1, 0.15) is 29.2 Å². The van der Waals surface area contributed by atoms with E-state index in [9.17, 15) is 26.3 Å². The van der Waals surface area contributed by atoms with Gasteiger partial charge < -0.3 is 0 Å². The lowest BCUT2D eigenvalue weighted by Crippen LogP contribution is -2.19. The zero-order chi connectivity index (χ0) is 13.4. The molecule has 0 saturated heterocycles. The average molecular weight is 256 g/mol. The van der Waals surface area contributed by atoms with E-state index < -0.39 is 23.5 Å². The van der Waals surface area contributed by atoms with Crippen molar-refractivity contribution >= 4 is 0 Å². The summed E-state index contributed by atoms with van der Waals surface area (Å²) in [5.74, 6) is 0. The summed E-state index contributed by atoms with van der Waals surface area (Å²) in [5.41, 5.74) is -3.34. The third kappa shape index (κ3) is 2.92. The number of rotatable bonds is 1. The van der Waals surface area contributed by atoms with E-state index in [1.165, 1.54) is 13.8 Å². The summed E-state index contributed by atoms with van der Waals surface area (Å²) in [5, 5.41) is 0. The summed E-state index contributed by atoms with van der Waals surface area (Å²) >= 11 is 0. The number of benzene rings is 1. The Bertz CT molecular complexity index is 413. The van der Waals surface area contributed by atoms with Gasteiger partial charge in [0.25, 0.3) is 0 Å². The van der Waals surface area contributed by atoms with Crippen LogP contribution in [-0.2, 0) is 18.8 Å². The first-order chi connectivity index (χ1) is 7.57. The second kappa shape index (κ2) is 4.23. The van der Waals surface area contributed by atoms with Crippen LogP contribution in [0.3, 0.4) is 0 Å². The molecule has 17 heavy (non-hydrogen) atoms. The fraction of sp³-hybridized carbons (Fsp3) is 0.455. The Labute approximate surface area is 94.2 Å². The lowest BCUT2D eigenvalue weighted by atomic mass is 9.95. The molecule has 0 aliphatic heterocycles. The predicted molar refractivity (Wildman–Crippen MR) is 50.6 cm³/mol. The van der Waals surface area contributed by atoms with Gasteiger partial charge in [-0.1, -0.05) is 18.6 Å². The molecule has 0 aliphatic carbocycles. The number of alkyl halides is 6. The molecule has 0 N–H and O–H groups in total. The topological polar surface area (TPSA) is 0 Å². The second-order valence-corrected chi connectivity index (χ2v) is 3.70. The third-order valence-electron chi connectivity index (χ3n) is 2.33. The van der Waals surface area contributed by atoms with E-state index >= 15 is 0 Å². The highest BCUT2D eigenvalue weighted by molar-refractivity contribution is 5.42. The van der Waals surface area contributed by atoms with Crippen LogP contribution >= 0.6 is 0 Å². The SMILES string of the molecule is CCc1cc(C)cc(C(F)(F)F)c1C(F)(F)F. The summed E-state index contributed by atoms with van der Waals surface area (Å²) in [6.45, 7) is 2.73. The highest BCUT2D eigenvalue weighted by atomic mass is 19.4. The lowest BCUT2D eigenvalue weighted by molar-refractivity contribution is -0.162. The maximum absolute atomic E-state index is 12.7. The summed E-state index contributed by atoms with van der Waals surface area (Å²) in [7, 11) is 0. The second-order valence-electron chi connectivity index (χ2n) is 3.70. The van der Waals surface area contributed by atoms with Crippen molar-refractivity contribution in [3.63, 3.8) is 0 Å². The van der Waals surface area contributed by atoms with E-state index in [0.29, 0.717) is 6.07 Å². The molecule has 0 unspecified atom stereocenters.